The first kappa shape index (κ1) is 21.7. The zero-order chi connectivity index (χ0) is 22.7. The van der Waals surface area contributed by atoms with E-state index in [2.05, 4.69) is 10.6 Å². The maximum atomic E-state index is 12.6. The number of hydrogen-bond acceptors (Lipinski definition) is 4. The van der Waals surface area contributed by atoms with Gasteiger partial charge in [0.2, 0.25) is 5.91 Å². The molecule has 4 rings (SSSR count). The summed E-state index contributed by atoms with van der Waals surface area (Å²) >= 11 is 11.9. The van der Waals surface area contributed by atoms with Crippen molar-refractivity contribution in [3.63, 3.8) is 0 Å². The molecule has 0 saturated heterocycles. The van der Waals surface area contributed by atoms with Crippen LogP contribution < -0.4 is 20.3 Å². The van der Waals surface area contributed by atoms with E-state index in [4.69, 9.17) is 27.9 Å². The number of fused-ring (bicyclic) bond motifs is 1. The maximum Gasteiger partial charge on any atom is 0.265 e. The summed E-state index contributed by atoms with van der Waals surface area (Å²) in [7, 11) is 0. The van der Waals surface area contributed by atoms with Gasteiger partial charge in [-0.1, -0.05) is 41.4 Å². The highest BCUT2D eigenvalue weighted by atomic mass is 35.5. The predicted octanol–water partition coefficient (Wildman–Crippen LogP) is 4.61. The normalized spacial score (nSPS) is 12.6. The SMILES string of the molecule is O=C(CN1C(=O)COc2ccc(NC(=O)c3ccc(Cl)c(Cl)c3)cc21)Nc1ccccc1. The summed E-state index contributed by atoms with van der Waals surface area (Å²) < 4.78 is 5.47. The molecule has 1 heterocycles. The first-order valence-corrected chi connectivity index (χ1v) is 10.3. The number of carbonyl (C=O) groups is 3. The van der Waals surface area contributed by atoms with Crippen LogP contribution in [0.1, 0.15) is 10.4 Å². The number of nitrogens with zero attached hydrogens (tertiary/aromatic N) is 1. The highest BCUT2D eigenvalue weighted by Gasteiger charge is 2.28. The van der Waals surface area contributed by atoms with Gasteiger partial charge in [0.25, 0.3) is 11.8 Å². The average molecular weight is 470 g/mol. The van der Waals surface area contributed by atoms with Gasteiger partial charge in [0.05, 0.1) is 15.7 Å². The van der Waals surface area contributed by atoms with E-state index >= 15 is 0 Å². The minimum atomic E-state index is -0.403. The van der Waals surface area contributed by atoms with Gasteiger partial charge in [-0.15, -0.1) is 0 Å². The molecule has 0 radical (unpaired) electrons. The van der Waals surface area contributed by atoms with E-state index in [0.717, 1.165) is 0 Å². The second kappa shape index (κ2) is 9.30. The molecule has 0 fully saturated rings. The van der Waals surface area contributed by atoms with Gasteiger partial charge in [-0.3, -0.25) is 19.3 Å². The number of nitrogens with one attached hydrogen (secondary N) is 2. The van der Waals surface area contributed by atoms with Crippen molar-refractivity contribution in [2.75, 3.05) is 28.7 Å². The van der Waals surface area contributed by atoms with E-state index < -0.39 is 5.91 Å². The molecular weight excluding hydrogens is 453 g/mol. The van der Waals surface area contributed by atoms with E-state index in [1.54, 1.807) is 48.5 Å². The molecule has 3 aromatic rings. The minimum Gasteiger partial charge on any atom is -0.482 e. The van der Waals surface area contributed by atoms with E-state index in [1.807, 2.05) is 6.07 Å². The monoisotopic (exact) mass is 469 g/mol. The topological polar surface area (TPSA) is 87.7 Å². The van der Waals surface area contributed by atoms with Gasteiger partial charge in [0.15, 0.2) is 6.61 Å². The summed E-state index contributed by atoms with van der Waals surface area (Å²) in [5.74, 6) is -0.694. The largest absolute Gasteiger partial charge is 0.482 e. The van der Waals surface area contributed by atoms with Crippen LogP contribution in [0, 0.1) is 0 Å². The molecule has 0 saturated carbocycles. The number of anilines is 3. The molecule has 2 N–H and O–H groups in total. The first-order valence-electron chi connectivity index (χ1n) is 9.59. The lowest BCUT2D eigenvalue weighted by Crippen LogP contribution is -2.43. The van der Waals surface area contributed by atoms with Crippen molar-refractivity contribution in [2.24, 2.45) is 0 Å². The van der Waals surface area contributed by atoms with Crippen LogP contribution in [0.3, 0.4) is 0 Å². The van der Waals surface area contributed by atoms with Gasteiger partial charge in [-0.05, 0) is 48.5 Å². The van der Waals surface area contributed by atoms with Gasteiger partial charge in [-0.2, -0.15) is 0 Å². The van der Waals surface area contributed by atoms with Crippen LogP contribution in [0.5, 0.6) is 5.75 Å². The lowest BCUT2D eigenvalue weighted by Gasteiger charge is -2.29. The second-order valence-corrected chi connectivity index (χ2v) is 7.76. The molecule has 0 spiro atoms. The molecule has 1 aliphatic heterocycles. The van der Waals surface area contributed by atoms with Crippen molar-refractivity contribution < 1.29 is 19.1 Å². The average Bonchev–Trinajstić information content (AvgIpc) is 2.78. The third kappa shape index (κ3) is 4.85. The number of carbonyl (C=O) groups excluding carboxylic acids is 3. The number of ether oxygens (including phenoxy) is 1. The van der Waals surface area contributed by atoms with Crippen molar-refractivity contribution in [1.82, 2.24) is 0 Å². The Hall–Kier alpha value is -3.55. The smallest absolute Gasteiger partial charge is 0.265 e. The molecule has 0 aliphatic carbocycles. The zero-order valence-corrected chi connectivity index (χ0v) is 18.1. The molecule has 9 heteroatoms. The molecule has 3 amide bonds. The second-order valence-electron chi connectivity index (χ2n) is 6.95. The summed E-state index contributed by atoms with van der Waals surface area (Å²) in [6, 6.07) is 18.3. The predicted molar refractivity (Wildman–Crippen MR) is 124 cm³/mol. The summed E-state index contributed by atoms with van der Waals surface area (Å²) in [6.45, 7) is -0.380. The highest BCUT2D eigenvalue weighted by molar-refractivity contribution is 6.42. The third-order valence-corrected chi connectivity index (χ3v) is 5.44. The van der Waals surface area contributed by atoms with Gasteiger partial charge < -0.3 is 15.4 Å². The summed E-state index contributed by atoms with van der Waals surface area (Å²) in [4.78, 5) is 38.9. The van der Waals surface area contributed by atoms with Gasteiger partial charge in [-0.25, -0.2) is 0 Å². The van der Waals surface area contributed by atoms with Crippen molar-refractivity contribution in [3.8, 4) is 5.75 Å². The number of hydrogen-bond donors (Lipinski definition) is 2. The lowest BCUT2D eigenvalue weighted by molar-refractivity contribution is -0.123. The fraction of sp³-hybridized carbons (Fsp3) is 0.0870. The van der Waals surface area contributed by atoms with Crippen LogP contribution in [0.2, 0.25) is 10.0 Å². The molecule has 0 aromatic heterocycles. The van der Waals surface area contributed by atoms with Crippen LogP contribution >= 0.6 is 23.2 Å². The van der Waals surface area contributed by atoms with Crippen molar-refractivity contribution in [3.05, 3.63) is 82.3 Å². The number of para-hydroxylation sites is 1. The van der Waals surface area contributed by atoms with Crippen molar-refractivity contribution >= 4 is 58.0 Å². The summed E-state index contributed by atoms with van der Waals surface area (Å²) in [5.41, 5.74) is 1.76. The summed E-state index contributed by atoms with van der Waals surface area (Å²) in [6.07, 6.45) is 0. The Morgan fingerprint density at radius 2 is 1.69 bits per heavy atom. The van der Waals surface area contributed by atoms with Crippen LogP contribution in [-0.2, 0) is 9.59 Å². The molecule has 1 aliphatic rings. The van der Waals surface area contributed by atoms with E-state index in [-0.39, 0.29) is 30.0 Å². The van der Waals surface area contributed by atoms with E-state index in [9.17, 15) is 14.4 Å². The quantitative estimate of drug-likeness (QED) is 0.570. The number of rotatable bonds is 5. The fourth-order valence-corrected chi connectivity index (χ4v) is 3.46. The van der Waals surface area contributed by atoms with Crippen LogP contribution in [-0.4, -0.2) is 30.9 Å². The van der Waals surface area contributed by atoms with Crippen molar-refractivity contribution in [1.29, 1.82) is 0 Å². The maximum absolute atomic E-state index is 12.6. The zero-order valence-electron chi connectivity index (χ0n) is 16.6. The van der Waals surface area contributed by atoms with Gasteiger partial charge in [0, 0.05) is 16.9 Å². The molecule has 32 heavy (non-hydrogen) atoms. The Balaban J connectivity index is 1.53. The Morgan fingerprint density at radius 3 is 2.44 bits per heavy atom. The van der Waals surface area contributed by atoms with Crippen LogP contribution in [0.25, 0.3) is 0 Å². The Morgan fingerprint density at radius 1 is 0.906 bits per heavy atom. The standard InChI is InChI=1S/C23H17Cl2N3O4/c24-17-8-6-14(10-18(17)25)23(31)27-16-7-9-20-19(11-16)28(22(30)13-32-20)12-21(29)26-15-4-2-1-3-5-15/h1-11H,12-13H2,(H,26,29)(H,27,31). The molecule has 0 bridgehead atoms. The fourth-order valence-electron chi connectivity index (χ4n) is 3.16. The van der Waals surface area contributed by atoms with Gasteiger partial charge in [0.1, 0.15) is 12.3 Å². The number of halogens is 2. The third-order valence-electron chi connectivity index (χ3n) is 4.70. The van der Waals surface area contributed by atoms with Gasteiger partial charge >= 0.3 is 0 Å². The first-order chi connectivity index (χ1) is 15.4. The molecule has 0 atom stereocenters. The number of amides is 3. The Labute approximate surface area is 193 Å². The Kier molecular flexibility index (Phi) is 6.30. The van der Waals surface area contributed by atoms with E-state index in [0.29, 0.717) is 33.4 Å². The highest BCUT2D eigenvalue weighted by Crippen LogP contribution is 2.35. The molecular formula is C23H17Cl2N3O4. The van der Waals surface area contributed by atoms with Crippen LogP contribution in [0.4, 0.5) is 17.1 Å². The van der Waals surface area contributed by atoms with Crippen LogP contribution in [0.15, 0.2) is 66.7 Å². The molecule has 3 aromatic carbocycles. The summed E-state index contributed by atoms with van der Waals surface area (Å²) in [5, 5.41) is 6.11. The molecule has 0 unspecified atom stereocenters. The Bertz CT molecular complexity index is 1200. The number of benzene rings is 3. The van der Waals surface area contributed by atoms with E-state index in [1.165, 1.54) is 17.0 Å². The lowest BCUT2D eigenvalue weighted by atomic mass is 10.1. The molecule has 7 nitrogen and oxygen atoms in total. The minimum absolute atomic E-state index is 0.180. The van der Waals surface area contributed by atoms with Crippen molar-refractivity contribution in [2.45, 2.75) is 0 Å². The molecule has 162 valence electrons.